The summed E-state index contributed by atoms with van der Waals surface area (Å²) in [5.41, 5.74) is 1.91. The van der Waals surface area contributed by atoms with E-state index in [-0.39, 0.29) is 12.3 Å². The fourth-order valence-corrected chi connectivity index (χ4v) is 1.89. The SMILES string of the molecule is COc1ccc2cc(C(C)CC(=O)O)[nH]c2c1. The molecule has 0 aliphatic carbocycles. The Kier molecular flexibility index (Phi) is 3.04. The Bertz CT molecular complexity index is 545. The van der Waals surface area contributed by atoms with Gasteiger partial charge in [-0.25, -0.2) is 0 Å². The van der Waals surface area contributed by atoms with Gasteiger partial charge in [0.15, 0.2) is 0 Å². The molecule has 1 aromatic carbocycles. The van der Waals surface area contributed by atoms with Crippen LogP contribution in [0.4, 0.5) is 0 Å². The van der Waals surface area contributed by atoms with Gasteiger partial charge in [0.25, 0.3) is 0 Å². The fraction of sp³-hybridized carbons (Fsp3) is 0.308. The molecule has 0 bridgehead atoms. The second kappa shape index (κ2) is 4.49. The van der Waals surface area contributed by atoms with Gasteiger partial charge in [0.2, 0.25) is 0 Å². The van der Waals surface area contributed by atoms with Gasteiger partial charge in [-0.3, -0.25) is 4.79 Å². The minimum absolute atomic E-state index is 0.0223. The van der Waals surface area contributed by atoms with Crippen LogP contribution in [-0.4, -0.2) is 23.2 Å². The van der Waals surface area contributed by atoms with Gasteiger partial charge in [0.1, 0.15) is 5.75 Å². The van der Waals surface area contributed by atoms with E-state index in [0.29, 0.717) is 0 Å². The molecule has 1 atom stereocenters. The minimum Gasteiger partial charge on any atom is -0.497 e. The first-order valence-corrected chi connectivity index (χ1v) is 5.48. The largest absolute Gasteiger partial charge is 0.497 e. The van der Waals surface area contributed by atoms with Crippen molar-refractivity contribution >= 4 is 16.9 Å². The van der Waals surface area contributed by atoms with Crippen molar-refractivity contribution < 1.29 is 14.6 Å². The molecule has 0 spiro atoms. The highest BCUT2D eigenvalue weighted by atomic mass is 16.5. The van der Waals surface area contributed by atoms with Crippen molar-refractivity contribution in [3.63, 3.8) is 0 Å². The molecule has 1 aromatic heterocycles. The summed E-state index contributed by atoms with van der Waals surface area (Å²) in [7, 11) is 1.62. The van der Waals surface area contributed by atoms with Gasteiger partial charge in [-0.2, -0.15) is 0 Å². The molecule has 0 amide bonds. The molecule has 2 rings (SSSR count). The van der Waals surface area contributed by atoms with Crippen LogP contribution in [0, 0.1) is 0 Å². The molecular formula is C13H15NO3. The van der Waals surface area contributed by atoms with E-state index < -0.39 is 5.97 Å². The quantitative estimate of drug-likeness (QED) is 0.853. The summed E-state index contributed by atoms with van der Waals surface area (Å²) in [5, 5.41) is 9.84. The third-order valence-electron chi connectivity index (χ3n) is 2.86. The molecule has 1 heterocycles. The van der Waals surface area contributed by atoms with Crippen molar-refractivity contribution in [2.24, 2.45) is 0 Å². The van der Waals surface area contributed by atoms with Crippen molar-refractivity contribution in [3.05, 3.63) is 30.0 Å². The number of rotatable bonds is 4. The lowest BCUT2D eigenvalue weighted by atomic mass is 10.0. The van der Waals surface area contributed by atoms with Crippen LogP contribution in [0.5, 0.6) is 5.75 Å². The van der Waals surface area contributed by atoms with E-state index in [1.54, 1.807) is 7.11 Å². The molecule has 4 heteroatoms. The Morgan fingerprint density at radius 2 is 2.24 bits per heavy atom. The number of aromatic amines is 1. The van der Waals surface area contributed by atoms with Crippen LogP contribution in [0.2, 0.25) is 0 Å². The summed E-state index contributed by atoms with van der Waals surface area (Å²) in [6.07, 6.45) is 0.129. The van der Waals surface area contributed by atoms with Gasteiger partial charge in [0, 0.05) is 23.2 Å². The first-order valence-electron chi connectivity index (χ1n) is 5.48. The summed E-state index contributed by atoms with van der Waals surface area (Å²) >= 11 is 0. The standard InChI is InChI=1S/C13H15NO3/c1-8(5-13(15)16)11-6-9-3-4-10(17-2)7-12(9)14-11/h3-4,6-8,14H,5H2,1-2H3,(H,15,16). The number of nitrogens with one attached hydrogen (secondary N) is 1. The van der Waals surface area contributed by atoms with E-state index in [9.17, 15) is 4.79 Å². The number of carboxylic acids is 1. The van der Waals surface area contributed by atoms with Crippen LogP contribution in [0.15, 0.2) is 24.3 Å². The topological polar surface area (TPSA) is 62.3 Å². The number of H-pyrrole nitrogens is 1. The Balaban J connectivity index is 2.33. The van der Waals surface area contributed by atoms with Gasteiger partial charge >= 0.3 is 5.97 Å². The Hall–Kier alpha value is -1.97. The zero-order valence-electron chi connectivity index (χ0n) is 9.86. The maximum atomic E-state index is 10.7. The van der Waals surface area contributed by atoms with E-state index in [1.807, 2.05) is 31.2 Å². The molecule has 2 N–H and O–H groups in total. The third kappa shape index (κ3) is 2.41. The number of carboxylic acid groups (broad SMARTS) is 1. The third-order valence-corrected chi connectivity index (χ3v) is 2.86. The van der Waals surface area contributed by atoms with Gasteiger partial charge < -0.3 is 14.8 Å². The number of hydrogen-bond donors (Lipinski definition) is 2. The maximum absolute atomic E-state index is 10.7. The Morgan fingerprint density at radius 3 is 2.88 bits per heavy atom. The van der Waals surface area contributed by atoms with Crippen molar-refractivity contribution in [2.75, 3.05) is 7.11 Å². The zero-order chi connectivity index (χ0) is 12.4. The highest BCUT2D eigenvalue weighted by molar-refractivity contribution is 5.82. The van der Waals surface area contributed by atoms with Crippen LogP contribution in [-0.2, 0) is 4.79 Å². The average Bonchev–Trinajstić information content (AvgIpc) is 2.70. The first kappa shape index (κ1) is 11.5. The van der Waals surface area contributed by atoms with Crippen molar-refractivity contribution in [1.82, 2.24) is 4.98 Å². The van der Waals surface area contributed by atoms with Gasteiger partial charge in [-0.05, 0) is 23.6 Å². The van der Waals surface area contributed by atoms with Crippen LogP contribution in [0.3, 0.4) is 0 Å². The molecule has 4 nitrogen and oxygen atoms in total. The molecule has 0 saturated carbocycles. The Morgan fingerprint density at radius 1 is 1.47 bits per heavy atom. The number of methoxy groups -OCH3 is 1. The molecular weight excluding hydrogens is 218 g/mol. The van der Waals surface area contributed by atoms with Crippen LogP contribution in [0.25, 0.3) is 10.9 Å². The van der Waals surface area contributed by atoms with Crippen molar-refractivity contribution in [2.45, 2.75) is 19.3 Å². The molecule has 17 heavy (non-hydrogen) atoms. The minimum atomic E-state index is -0.784. The highest BCUT2D eigenvalue weighted by Crippen LogP contribution is 2.26. The smallest absolute Gasteiger partial charge is 0.304 e. The molecule has 0 aliphatic rings. The fourth-order valence-electron chi connectivity index (χ4n) is 1.89. The number of benzene rings is 1. The number of fused-ring (bicyclic) bond motifs is 1. The zero-order valence-corrected chi connectivity index (χ0v) is 9.86. The van der Waals surface area contributed by atoms with E-state index in [1.165, 1.54) is 0 Å². The van der Waals surface area contributed by atoms with E-state index in [2.05, 4.69) is 4.98 Å². The van der Waals surface area contributed by atoms with E-state index >= 15 is 0 Å². The van der Waals surface area contributed by atoms with Crippen molar-refractivity contribution in [1.29, 1.82) is 0 Å². The summed E-state index contributed by atoms with van der Waals surface area (Å²) < 4.78 is 5.14. The normalized spacial score (nSPS) is 12.6. The summed E-state index contributed by atoms with van der Waals surface area (Å²) in [4.78, 5) is 13.9. The summed E-state index contributed by atoms with van der Waals surface area (Å²) in [5.74, 6) is -0.0172. The molecule has 1 unspecified atom stereocenters. The summed E-state index contributed by atoms with van der Waals surface area (Å²) in [6, 6.07) is 7.75. The van der Waals surface area contributed by atoms with Crippen LogP contribution >= 0.6 is 0 Å². The van der Waals surface area contributed by atoms with Gasteiger partial charge in [0.05, 0.1) is 13.5 Å². The lowest BCUT2D eigenvalue weighted by molar-refractivity contribution is -0.137. The number of hydrogen-bond acceptors (Lipinski definition) is 2. The number of ether oxygens (including phenoxy) is 1. The van der Waals surface area contributed by atoms with E-state index in [4.69, 9.17) is 9.84 Å². The van der Waals surface area contributed by atoms with Crippen LogP contribution < -0.4 is 4.74 Å². The average molecular weight is 233 g/mol. The number of aliphatic carboxylic acids is 1. The molecule has 2 aromatic rings. The molecule has 0 saturated heterocycles. The lowest BCUT2D eigenvalue weighted by Gasteiger charge is -2.04. The predicted molar refractivity (Wildman–Crippen MR) is 65.5 cm³/mol. The van der Waals surface area contributed by atoms with Crippen LogP contribution in [0.1, 0.15) is 25.0 Å². The lowest BCUT2D eigenvalue weighted by Crippen LogP contribution is -2.02. The maximum Gasteiger partial charge on any atom is 0.304 e. The number of carbonyl (C=O) groups is 1. The van der Waals surface area contributed by atoms with Gasteiger partial charge in [-0.15, -0.1) is 0 Å². The van der Waals surface area contributed by atoms with Crippen molar-refractivity contribution in [3.8, 4) is 5.75 Å². The number of aromatic nitrogens is 1. The highest BCUT2D eigenvalue weighted by Gasteiger charge is 2.12. The Labute approximate surface area is 99.2 Å². The monoisotopic (exact) mass is 233 g/mol. The molecule has 0 radical (unpaired) electrons. The molecule has 0 aliphatic heterocycles. The van der Waals surface area contributed by atoms with E-state index in [0.717, 1.165) is 22.3 Å². The second-order valence-electron chi connectivity index (χ2n) is 4.18. The molecule has 90 valence electrons. The summed E-state index contributed by atoms with van der Waals surface area (Å²) in [6.45, 7) is 1.90. The van der Waals surface area contributed by atoms with Gasteiger partial charge in [-0.1, -0.05) is 6.92 Å². The predicted octanol–water partition coefficient (Wildman–Crippen LogP) is 2.75. The second-order valence-corrected chi connectivity index (χ2v) is 4.18. The first-order chi connectivity index (χ1) is 8.10. The molecule has 0 fully saturated rings.